The summed E-state index contributed by atoms with van der Waals surface area (Å²) in [5.41, 5.74) is 0. The van der Waals surface area contributed by atoms with Gasteiger partial charge in [-0.2, -0.15) is 0 Å². The lowest BCUT2D eigenvalue weighted by molar-refractivity contribution is -0.143. The molecule has 0 aliphatic rings. The lowest BCUT2D eigenvalue weighted by Crippen LogP contribution is -2.05. The van der Waals surface area contributed by atoms with Gasteiger partial charge >= 0.3 is 5.97 Å². The molecule has 0 rings (SSSR count). The first-order chi connectivity index (χ1) is 14.8. The summed E-state index contributed by atoms with van der Waals surface area (Å²) in [6.45, 7) is 5.15. The summed E-state index contributed by atoms with van der Waals surface area (Å²) >= 11 is 0. The molecule has 0 atom stereocenters. The second-order valence-corrected chi connectivity index (χ2v) is 9.03. The minimum Gasteiger partial charge on any atom is -0.466 e. The summed E-state index contributed by atoms with van der Waals surface area (Å²) in [5, 5.41) is 0. The SMILES string of the molecule is CCCCCCC=CCCCCCCCCOC(=O)CCCCCCCCCCC. The first kappa shape index (κ1) is 29.2. The number of hydrogen-bond donors (Lipinski definition) is 0. The zero-order valence-corrected chi connectivity index (χ0v) is 20.7. The standard InChI is InChI=1S/C28H54O2/c1-3-5-7-9-11-13-14-15-16-17-19-21-23-25-27-30-28(29)26-24-22-20-18-12-10-8-6-4-2/h13-14H,3-12,15-27H2,1-2H3. The average molecular weight is 423 g/mol. The van der Waals surface area contributed by atoms with Crippen molar-refractivity contribution in [1.82, 2.24) is 0 Å². The van der Waals surface area contributed by atoms with Crippen LogP contribution < -0.4 is 0 Å². The quantitative estimate of drug-likeness (QED) is 0.0878. The molecule has 0 unspecified atom stereocenters. The maximum Gasteiger partial charge on any atom is 0.305 e. The first-order valence-electron chi connectivity index (χ1n) is 13.6. The number of ether oxygens (including phenoxy) is 1. The first-order valence-corrected chi connectivity index (χ1v) is 13.6. The zero-order chi connectivity index (χ0) is 22.0. The van der Waals surface area contributed by atoms with Crippen LogP contribution in [0.3, 0.4) is 0 Å². The van der Waals surface area contributed by atoms with E-state index in [9.17, 15) is 4.79 Å². The summed E-state index contributed by atoms with van der Waals surface area (Å²) in [7, 11) is 0. The highest BCUT2D eigenvalue weighted by Crippen LogP contribution is 2.12. The van der Waals surface area contributed by atoms with Crippen molar-refractivity contribution in [3.8, 4) is 0 Å². The van der Waals surface area contributed by atoms with Crippen LogP contribution in [0, 0.1) is 0 Å². The van der Waals surface area contributed by atoms with Crippen molar-refractivity contribution in [2.45, 2.75) is 155 Å². The summed E-state index contributed by atoms with van der Waals surface area (Å²) in [4.78, 5) is 11.8. The lowest BCUT2D eigenvalue weighted by atomic mass is 10.1. The van der Waals surface area contributed by atoms with E-state index in [0.29, 0.717) is 13.0 Å². The van der Waals surface area contributed by atoms with Gasteiger partial charge in [0.15, 0.2) is 0 Å². The van der Waals surface area contributed by atoms with Crippen molar-refractivity contribution < 1.29 is 9.53 Å². The molecule has 0 N–H and O–H groups in total. The Balaban J connectivity index is 3.18. The second kappa shape index (κ2) is 26.2. The maximum atomic E-state index is 11.8. The minimum absolute atomic E-state index is 0.0134. The van der Waals surface area contributed by atoms with Gasteiger partial charge in [0.1, 0.15) is 0 Å². The van der Waals surface area contributed by atoms with Crippen molar-refractivity contribution in [3.05, 3.63) is 12.2 Å². The highest BCUT2D eigenvalue weighted by Gasteiger charge is 2.02. The Hall–Kier alpha value is -0.790. The Morgan fingerprint density at radius 2 is 0.933 bits per heavy atom. The Morgan fingerprint density at radius 3 is 1.47 bits per heavy atom. The topological polar surface area (TPSA) is 26.3 Å². The molecule has 2 heteroatoms. The molecule has 0 heterocycles. The summed E-state index contributed by atoms with van der Waals surface area (Å²) in [6.07, 6.45) is 32.4. The smallest absolute Gasteiger partial charge is 0.305 e. The lowest BCUT2D eigenvalue weighted by Gasteiger charge is -2.05. The Bertz CT molecular complexity index is 362. The van der Waals surface area contributed by atoms with E-state index in [2.05, 4.69) is 26.0 Å². The molecule has 0 saturated heterocycles. The van der Waals surface area contributed by atoms with Gasteiger partial charge in [0.05, 0.1) is 6.61 Å². The van der Waals surface area contributed by atoms with Crippen molar-refractivity contribution in [2.24, 2.45) is 0 Å². The fraction of sp³-hybridized carbons (Fsp3) is 0.893. The minimum atomic E-state index is 0.0134. The van der Waals surface area contributed by atoms with Crippen molar-refractivity contribution in [1.29, 1.82) is 0 Å². The van der Waals surface area contributed by atoms with E-state index in [1.807, 2.05) is 0 Å². The number of hydrogen-bond acceptors (Lipinski definition) is 2. The van der Waals surface area contributed by atoms with E-state index in [1.165, 1.54) is 122 Å². The number of esters is 1. The van der Waals surface area contributed by atoms with Gasteiger partial charge in [-0.3, -0.25) is 4.79 Å². The molecule has 0 radical (unpaired) electrons. The summed E-state index contributed by atoms with van der Waals surface area (Å²) in [6, 6.07) is 0. The molecule has 0 fully saturated rings. The van der Waals surface area contributed by atoms with E-state index in [1.54, 1.807) is 0 Å². The molecule has 0 spiro atoms. The molecule has 2 nitrogen and oxygen atoms in total. The molecule has 0 aliphatic heterocycles. The van der Waals surface area contributed by atoms with Gasteiger partial charge in [-0.25, -0.2) is 0 Å². The van der Waals surface area contributed by atoms with E-state index < -0.39 is 0 Å². The van der Waals surface area contributed by atoms with Gasteiger partial charge in [-0.1, -0.05) is 122 Å². The fourth-order valence-electron chi connectivity index (χ4n) is 3.83. The van der Waals surface area contributed by atoms with Gasteiger partial charge in [0, 0.05) is 6.42 Å². The van der Waals surface area contributed by atoms with Crippen LogP contribution in [0.15, 0.2) is 12.2 Å². The predicted molar refractivity (Wildman–Crippen MR) is 133 cm³/mol. The molecule has 178 valence electrons. The molecule has 0 saturated carbocycles. The average Bonchev–Trinajstić information content (AvgIpc) is 2.75. The summed E-state index contributed by atoms with van der Waals surface area (Å²) in [5.74, 6) is 0.0134. The molecule has 0 aromatic carbocycles. The highest BCUT2D eigenvalue weighted by atomic mass is 16.5. The normalized spacial score (nSPS) is 11.4. The molecular formula is C28H54O2. The monoisotopic (exact) mass is 422 g/mol. The second-order valence-electron chi connectivity index (χ2n) is 9.03. The van der Waals surface area contributed by atoms with Crippen molar-refractivity contribution in [3.63, 3.8) is 0 Å². The van der Waals surface area contributed by atoms with E-state index in [0.717, 1.165) is 12.8 Å². The molecule has 0 aliphatic carbocycles. The number of carbonyl (C=O) groups is 1. The fourth-order valence-corrected chi connectivity index (χ4v) is 3.83. The van der Waals surface area contributed by atoms with Crippen molar-refractivity contribution in [2.75, 3.05) is 6.61 Å². The predicted octanol–water partition coefficient (Wildman–Crippen LogP) is 9.71. The Labute approximate surface area is 189 Å². The number of rotatable bonds is 24. The number of carbonyl (C=O) groups excluding carboxylic acids is 1. The third kappa shape index (κ3) is 25.2. The highest BCUT2D eigenvalue weighted by molar-refractivity contribution is 5.69. The molecule has 0 amide bonds. The van der Waals surface area contributed by atoms with E-state index in [-0.39, 0.29) is 5.97 Å². The Morgan fingerprint density at radius 1 is 0.533 bits per heavy atom. The van der Waals surface area contributed by atoms with Crippen molar-refractivity contribution >= 4 is 5.97 Å². The Kier molecular flexibility index (Phi) is 25.6. The van der Waals surface area contributed by atoms with Crippen LogP contribution in [0.4, 0.5) is 0 Å². The largest absolute Gasteiger partial charge is 0.466 e. The van der Waals surface area contributed by atoms with Crippen LogP contribution in [0.1, 0.15) is 155 Å². The van der Waals surface area contributed by atoms with Crippen LogP contribution >= 0.6 is 0 Å². The van der Waals surface area contributed by atoms with Crippen LogP contribution in [-0.4, -0.2) is 12.6 Å². The molecular weight excluding hydrogens is 368 g/mol. The van der Waals surface area contributed by atoms with Crippen LogP contribution in [0.5, 0.6) is 0 Å². The van der Waals surface area contributed by atoms with Crippen LogP contribution in [-0.2, 0) is 9.53 Å². The number of allylic oxidation sites excluding steroid dienone is 2. The maximum absolute atomic E-state index is 11.8. The van der Waals surface area contributed by atoms with Gasteiger partial charge in [-0.15, -0.1) is 0 Å². The van der Waals surface area contributed by atoms with Crippen LogP contribution in [0.2, 0.25) is 0 Å². The third-order valence-electron chi connectivity index (χ3n) is 5.90. The molecule has 0 bridgehead atoms. The van der Waals surface area contributed by atoms with Gasteiger partial charge < -0.3 is 4.74 Å². The van der Waals surface area contributed by atoms with Gasteiger partial charge in [0.25, 0.3) is 0 Å². The molecule has 0 aromatic heterocycles. The van der Waals surface area contributed by atoms with Crippen LogP contribution in [0.25, 0.3) is 0 Å². The third-order valence-corrected chi connectivity index (χ3v) is 5.90. The zero-order valence-electron chi connectivity index (χ0n) is 20.7. The van der Waals surface area contributed by atoms with E-state index in [4.69, 9.17) is 4.74 Å². The molecule has 30 heavy (non-hydrogen) atoms. The summed E-state index contributed by atoms with van der Waals surface area (Å²) < 4.78 is 5.37. The van der Waals surface area contributed by atoms with Gasteiger partial charge in [0.2, 0.25) is 0 Å². The molecule has 0 aromatic rings. The van der Waals surface area contributed by atoms with E-state index >= 15 is 0 Å². The number of unbranched alkanes of at least 4 members (excludes halogenated alkanes) is 18. The van der Waals surface area contributed by atoms with Gasteiger partial charge in [-0.05, 0) is 38.5 Å².